The lowest BCUT2D eigenvalue weighted by Gasteiger charge is -2.37. The number of hydrogen-bond donors (Lipinski definition) is 1. The predicted molar refractivity (Wildman–Crippen MR) is 158 cm³/mol. The van der Waals surface area contributed by atoms with E-state index in [1.165, 1.54) is 48.4 Å². The average Bonchev–Trinajstić information content (AvgIpc) is 2.87. The molecule has 246 valence electrons. The first kappa shape index (κ1) is 34.3. The van der Waals surface area contributed by atoms with Crippen LogP contribution in [0.1, 0.15) is 48.0 Å². The standard InChI is InChI=1S/C30H31F4N5O6S/c1-16-21(30(32,33)34)13-35-27(44-22-10-11-23(31)36-17(22)2)24(16)26(41)37-19-8-7-9-20(12-19)46(6,43)38-25(40)18-14-39(15-18)28(42)45-29(3,4)5/h7-13,18H,14-15H2,1-6H3,(H,37,41)/t46-/m1/s1. The Morgan fingerprint density at radius 3 is 2.37 bits per heavy atom. The topological polar surface area (TPSA) is 140 Å². The van der Waals surface area contributed by atoms with E-state index in [4.69, 9.17) is 9.47 Å². The summed E-state index contributed by atoms with van der Waals surface area (Å²) in [6, 6.07) is 7.68. The number of likely N-dealkylation sites (tertiary alicyclic amines) is 1. The van der Waals surface area contributed by atoms with Crippen LogP contribution in [0.15, 0.2) is 51.9 Å². The van der Waals surface area contributed by atoms with Crippen molar-refractivity contribution in [3.63, 3.8) is 0 Å². The molecule has 11 nitrogen and oxygen atoms in total. The van der Waals surface area contributed by atoms with Crippen LogP contribution >= 0.6 is 0 Å². The Hall–Kier alpha value is -4.60. The fourth-order valence-corrected chi connectivity index (χ4v) is 5.63. The number of hydrogen-bond acceptors (Lipinski definition) is 8. The number of aryl methyl sites for hydroxylation is 1. The van der Waals surface area contributed by atoms with Gasteiger partial charge in [-0.2, -0.15) is 21.9 Å². The second kappa shape index (κ2) is 12.7. The highest BCUT2D eigenvalue weighted by Gasteiger charge is 2.39. The molecule has 0 spiro atoms. The number of halogens is 4. The summed E-state index contributed by atoms with van der Waals surface area (Å²) in [5, 5.41) is 2.46. The summed E-state index contributed by atoms with van der Waals surface area (Å²) in [6.45, 7) is 7.70. The van der Waals surface area contributed by atoms with Crippen LogP contribution in [0.5, 0.6) is 11.6 Å². The number of anilines is 1. The third-order valence-electron chi connectivity index (χ3n) is 6.72. The van der Waals surface area contributed by atoms with Crippen molar-refractivity contribution >= 4 is 33.3 Å². The first-order chi connectivity index (χ1) is 21.2. The number of carbonyl (C=O) groups excluding carboxylic acids is 3. The molecule has 0 radical (unpaired) electrons. The Morgan fingerprint density at radius 1 is 1.09 bits per heavy atom. The Balaban J connectivity index is 1.58. The molecule has 0 saturated carbocycles. The lowest BCUT2D eigenvalue weighted by molar-refractivity contribution is -0.138. The predicted octanol–water partition coefficient (Wildman–Crippen LogP) is 6.15. The minimum atomic E-state index is -4.84. The van der Waals surface area contributed by atoms with Crippen LogP contribution in [0.3, 0.4) is 0 Å². The smallest absolute Gasteiger partial charge is 0.418 e. The molecule has 46 heavy (non-hydrogen) atoms. The third-order valence-corrected chi connectivity index (χ3v) is 8.38. The number of rotatable bonds is 6. The maximum Gasteiger partial charge on any atom is 0.418 e. The summed E-state index contributed by atoms with van der Waals surface area (Å²) in [5.74, 6) is -3.73. The molecule has 16 heteroatoms. The number of benzene rings is 1. The van der Waals surface area contributed by atoms with Crippen LogP contribution in [0.25, 0.3) is 0 Å². The summed E-state index contributed by atoms with van der Waals surface area (Å²) in [6.07, 6.45) is -3.68. The largest absolute Gasteiger partial charge is 0.444 e. The number of nitrogens with zero attached hydrogens (tertiary/aromatic N) is 4. The van der Waals surface area contributed by atoms with Gasteiger partial charge in [0, 0.05) is 36.1 Å². The van der Waals surface area contributed by atoms with E-state index in [1.807, 2.05) is 0 Å². The highest BCUT2D eigenvalue weighted by atomic mass is 32.2. The van der Waals surface area contributed by atoms with Crippen LogP contribution in [0.2, 0.25) is 0 Å². The maximum atomic E-state index is 13.7. The van der Waals surface area contributed by atoms with Crippen LogP contribution in [-0.2, 0) is 25.4 Å². The molecule has 1 aliphatic heterocycles. The van der Waals surface area contributed by atoms with Gasteiger partial charge in [-0.25, -0.2) is 19.0 Å². The molecule has 1 fully saturated rings. The van der Waals surface area contributed by atoms with Gasteiger partial charge in [-0.3, -0.25) is 9.59 Å². The number of pyridine rings is 2. The van der Waals surface area contributed by atoms with Gasteiger partial charge < -0.3 is 19.7 Å². The van der Waals surface area contributed by atoms with Gasteiger partial charge in [0.1, 0.15) is 11.2 Å². The summed E-state index contributed by atoms with van der Waals surface area (Å²) >= 11 is 0. The average molecular weight is 666 g/mol. The Morgan fingerprint density at radius 2 is 1.76 bits per heavy atom. The molecule has 3 amide bonds. The Labute approximate surface area is 262 Å². The van der Waals surface area contributed by atoms with E-state index >= 15 is 0 Å². The molecule has 1 saturated heterocycles. The summed E-state index contributed by atoms with van der Waals surface area (Å²) < 4.78 is 82.9. The zero-order chi connectivity index (χ0) is 34.2. The Kier molecular flexibility index (Phi) is 9.43. The van der Waals surface area contributed by atoms with Gasteiger partial charge in [0.15, 0.2) is 5.75 Å². The summed E-state index contributed by atoms with van der Waals surface area (Å²) in [7, 11) is -3.35. The normalized spacial score (nSPS) is 15.0. The van der Waals surface area contributed by atoms with Crippen LogP contribution < -0.4 is 10.1 Å². The van der Waals surface area contributed by atoms with Crippen LogP contribution in [-0.4, -0.2) is 61.9 Å². The molecule has 4 rings (SSSR count). The molecule has 0 bridgehead atoms. The number of carbonyl (C=O) groups is 3. The number of alkyl halides is 3. The molecular weight excluding hydrogens is 634 g/mol. The van der Waals surface area contributed by atoms with Gasteiger partial charge >= 0.3 is 12.3 Å². The van der Waals surface area contributed by atoms with Crippen molar-refractivity contribution in [2.45, 2.75) is 51.3 Å². The number of amides is 3. The molecule has 1 aromatic carbocycles. The van der Waals surface area contributed by atoms with E-state index in [-0.39, 0.29) is 35.1 Å². The van der Waals surface area contributed by atoms with E-state index in [9.17, 15) is 36.2 Å². The van der Waals surface area contributed by atoms with Gasteiger partial charge in [0.25, 0.3) is 11.8 Å². The highest BCUT2D eigenvalue weighted by molar-refractivity contribution is 7.93. The van der Waals surface area contributed by atoms with Crippen molar-refractivity contribution in [1.29, 1.82) is 0 Å². The molecular formula is C30H31F4N5O6S. The fourth-order valence-electron chi connectivity index (χ4n) is 4.35. The van der Waals surface area contributed by atoms with E-state index in [0.29, 0.717) is 6.20 Å². The second-order valence-corrected chi connectivity index (χ2v) is 13.8. The molecule has 2 aromatic heterocycles. The molecule has 3 aromatic rings. The van der Waals surface area contributed by atoms with E-state index in [0.717, 1.165) is 13.0 Å². The van der Waals surface area contributed by atoms with Gasteiger partial charge in [-0.1, -0.05) is 6.07 Å². The molecule has 3 heterocycles. The van der Waals surface area contributed by atoms with Crippen LogP contribution in [0, 0.1) is 25.7 Å². The zero-order valence-electron chi connectivity index (χ0n) is 25.7. The molecule has 0 aliphatic carbocycles. The van der Waals surface area contributed by atoms with Crippen molar-refractivity contribution in [3.05, 3.63) is 70.9 Å². The van der Waals surface area contributed by atoms with Crippen molar-refractivity contribution in [1.82, 2.24) is 14.9 Å². The van der Waals surface area contributed by atoms with E-state index in [1.54, 1.807) is 20.8 Å². The highest BCUT2D eigenvalue weighted by Crippen LogP contribution is 2.37. The minimum absolute atomic E-state index is 0.0295. The summed E-state index contributed by atoms with van der Waals surface area (Å²) in [5.41, 5.74) is -2.84. The van der Waals surface area contributed by atoms with Crippen molar-refractivity contribution in [2.75, 3.05) is 24.7 Å². The van der Waals surface area contributed by atoms with E-state index in [2.05, 4.69) is 19.6 Å². The summed E-state index contributed by atoms with van der Waals surface area (Å²) in [4.78, 5) is 47.1. The van der Waals surface area contributed by atoms with Gasteiger partial charge in [-0.05, 0) is 70.5 Å². The Bertz CT molecular complexity index is 1830. The van der Waals surface area contributed by atoms with Gasteiger partial charge in [0.05, 0.1) is 26.9 Å². The zero-order valence-corrected chi connectivity index (χ0v) is 26.5. The SMILES string of the molecule is Cc1nc(F)ccc1Oc1ncc(C(F)(F)F)c(C)c1C(=O)Nc1cccc([S@@](C)(=O)=NC(=O)C2CN(C(=O)OC(C)(C)C)C2)c1. The number of nitrogens with one attached hydrogen (secondary N) is 1. The van der Waals surface area contributed by atoms with Crippen molar-refractivity contribution < 1.29 is 45.6 Å². The quantitative estimate of drug-likeness (QED) is 0.245. The van der Waals surface area contributed by atoms with Crippen LogP contribution in [0.4, 0.5) is 28.0 Å². The number of aromatic nitrogens is 2. The monoisotopic (exact) mass is 665 g/mol. The number of ether oxygens (including phenoxy) is 2. The maximum absolute atomic E-state index is 13.7. The fraction of sp³-hybridized carbons (Fsp3) is 0.367. The molecule has 1 atom stereocenters. The molecule has 1 N–H and O–H groups in total. The van der Waals surface area contributed by atoms with Gasteiger partial charge in [-0.15, -0.1) is 0 Å². The first-order valence-corrected chi connectivity index (χ1v) is 15.7. The third kappa shape index (κ3) is 7.97. The van der Waals surface area contributed by atoms with Crippen molar-refractivity contribution in [3.8, 4) is 11.6 Å². The first-order valence-electron chi connectivity index (χ1n) is 13.8. The minimum Gasteiger partial charge on any atom is -0.444 e. The lowest BCUT2D eigenvalue weighted by atomic mass is 10.0. The van der Waals surface area contributed by atoms with Crippen molar-refractivity contribution in [2.24, 2.45) is 10.3 Å². The lowest BCUT2D eigenvalue weighted by Crippen LogP contribution is -2.54. The molecule has 0 unspecified atom stereocenters. The second-order valence-electron chi connectivity index (χ2n) is 11.6. The van der Waals surface area contributed by atoms with E-state index < -0.39 is 73.8 Å². The van der Waals surface area contributed by atoms with Gasteiger partial charge in [0.2, 0.25) is 11.8 Å². The molecule has 1 aliphatic rings.